The van der Waals surface area contributed by atoms with E-state index in [1.165, 1.54) is 56.3 Å². The summed E-state index contributed by atoms with van der Waals surface area (Å²) in [6.07, 6.45) is 12.5. The number of ether oxygens (including phenoxy) is 2. The minimum absolute atomic E-state index is 0.0502. The molecular formula is C22H42ClNO4. The molecule has 0 aliphatic rings. The number of likely N-dealkylation sites (N-methyl/N-ethyl adjacent to an activating group) is 1. The zero-order chi connectivity index (χ0) is 21.2. The maximum Gasteiger partial charge on any atom is 0.410 e. The minimum Gasteiger partial charge on any atom is -0.464 e. The van der Waals surface area contributed by atoms with Crippen molar-refractivity contribution in [2.45, 2.75) is 97.4 Å². The van der Waals surface area contributed by atoms with Gasteiger partial charge in [-0.2, -0.15) is 0 Å². The molecule has 1 atom stereocenters. The van der Waals surface area contributed by atoms with Crippen molar-refractivity contribution >= 4 is 23.7 Å². The maximum atomic E-state index is 12.4. The van der Waals surface area contributed by atoms with Gasteiger partial charge in [0.1, 0.15) is 6.04 Å². The van der Waals surface area contributed by atoms with Crippen LogP contribution in [0.2, 0.25) is 0 Å². The highest BCUT2D eigenvalue weighted by atomic mass is 35.5. The largest absolute Gasteiger partial charge is 0.464 e. The van der Waals surface area contributed by atoms with Crippen LogP contribution in [-0.4, -0.2) is 49.1 Å². The molecule has 0 saturated carbocycles. The average Bonchev–Trinajstić information content (AvgIpc) is 2.66. The molecular weight excluding hydrogens is 378 g/mol. The van der Waals surface area contributed by atoms with Gasteiger partial charge in [-0.15, -0.1) is 11.6 Å². The number of esters is 1. The summed E-state index contributed by atoms with van der Waals surface area (Å²) in [5.41, 5.74) is 0. The summed E-state index contributed by atoms with van der Waals surface area (Å²) in [5.74, 6) is 0.0272. The standard InChI is InChI=1S/C22H42ClNO4/c1-5-6-7-8-9-10-11-12-13-14-17-27-21(25)20(19(2)3)24(4)22(26)28-18-15-16-23/h19-20H,5-18H2,1-4H3. The molecule has 0 rings (SSSR count). The Balaban J connectivity index is 3.97. The monoisotopic (exact) mass is 419 g/mol. The quantitative estimate of drug-likeness (QED) is 0.160. The predicted octanol–water partition coefficient (Wildman–Crippen LogP) is 6.17. The van der Waals surface area contributed by atoms with Gasteiger partial charge in [0, 0.05) is 12.9 Å². The second kappa shape index (κ2) is 18.1. The summed E-state index contributed by atoms with van der Waals surface area (Å²) in [5, 5.41) is 0. The van der Waals surface area contributed by atoms with E-state index >= 15 is 0 Å². The first-order chi connectivity index (χ1) is 13.5. The van der Waals surface area contributed by atoms with E-state index in [9.17, 15) is 9.59 Å². The van der Waals surface area contributed by atoms with Crippen molar-refractivity contribution < 1.29 is 19.1 Å². The Kier molecular flexibility index (Phi) is 17.5. The summed E-state index contributed by atoms with van der Waals surface area (Å²) in [6.45, 7) is 6.70. The van der Waals surface area contributed by atoms with Gasteiger partial charge in [0.25, 0.3) is 0 Å². The van der Waals surface area contributed by atoms with Crippen molar-refractivity contribution in [1.29, 1.82) is 0 Å². The molecule has 0 aliphatic carbocycles. The van der Waals surface area contributed by atoms with Crippen molar-refractivity contribution in [1.82, 2.24) is 4.90 Å². The minimum atomic E-state index is -0.633. The Morgan fingerprint density at radius 3 is 1.82 bits per heavy atom. The number of alkyl halides is 1. The number of rotatable bonds is 17. The van der Waals surface area contributed by atoms with Gasteiger partial charge in [0.15, 0.2) is 0 Å². The second-order valence-corrected chi connectivity index (χ2v) is 8.18. The first-order valence-electron chi connectivity index (χ1n) is 11.1. The molecule has 0 spiro atoms. The molecule has 0 aromatic rings. The molecule has 166 valence electrons. The van der Waals surface area contributed by atoms with Crippen LogP contribution < -0.4 is 0 Å². The van der Waals surface area contributed by atoms with Gasteiger partial charge in [-0.05, 0) is 18.8 Å². The number of carbonyl (C=O) groups excluding carboxylic acids is 2. The van der Waals surface area contributed by atoms with Crippen molar-refractivity contribution in [2.24, 2.45) is 5.92 Å². The van der Waals surface area contributed by atoms with E-state index in [2.05, 4.69) is 6.92 Å². The summed E-state index contributed by atoms with van der Waals surface area (Å²) in [6, 6.07) is -0.633. The Labute approximate surface area is 177 Å². The molecule has 28 heavy (non-hydrogen) atoms. The fraction of sp³-hybridized carbons (Fsp3) is 0.909. The molecule has 0 bridgehead atoms. The fourth-order valence-electron chi connectivity index (χ4n) is 3.15. The van der Waals surface area contributed by atoms with Crippen LogP contribution in [0.25, 0.3) is 0 Å². The second-order valence-electron chi connectivity index (χ2n) is 7.81. The Morgan fingerprint density at radius 1 is 0.821 bits per heavy atom. The van der Waals surface area contributed by atoms with Crippen LogP contribution in [-0.2, 0) is 14.3 Å². The molecule has 5 nitrogen and oxygen atoms in total. The maximum absolute atomic E-state index is 12.4. The SMILES string of the molecule is CCCCCCCCCCCCOC(=O)C(C(C)C)N(C)C(=O)OCCCCl. The number of hydrogen-bond acceptors (Lipinski definition) is 4. The predicted molar refractivity (Wildman–Crippen MR) is 116 cm³/mol. The summed E-state index contributed by atoms with van der Waals surface area (Å²) >= 11 is 5.59. The normalized spacial score (nSPS) is 12.1. The average molecular weight is 420 g/mol. The highest BCUT2D eigenvalue weighted by Crippen LogP contribution is 2.14. The van der Waals surface area contributed by atoms with E-state index in [1.807, 2.05) is 13.8 Å². The Morgan fingerprint density at radius 2 is 1.32 bits per heavy atom. The molecule has 0 heterocycles. The summed E-state index contributed by atoms with van der Waals surface area (Å²) < 4.78 is 10.6. The van der Waals surface area contributed by atoms with E-state index in [4.69, 9.17) is 21.1 Å². The van der Waals surface area contributed by atoms with Crippen LogP contribution in [0.4, 0.5) is 4.79 Å². The molecule has 1 amide bonds. The zero-order valence-corrected chi connectivity index (χ0v) is 19.3. The van der Waals surface area contributed by atoms with Gasteiger partial charge in [-0.25, -0.2) is 9.59 Å². The number of halogens is 1. The number of amides is 1. The smallest absolute Gasteiger partial charge is 0.410 e. The molecule has 0 fully saturated rings. The molecule has 0 radical (unpaired) electrons. The number of nitrogens with zero attached hydrogens (tertiary/aromatic N) is 1. The highest BCUT2D eigenvalue weighted by Gasteiger charge is 2.32. The molecule has 0 aromatic carbocycles. The van der Waals surface area contributed by atoms with Gasteiger partial charge < -0.3 is 9.47 Å². The van der Waals surface area contributed by atoms with Crippen molar-refractivity contribution in [3.8, 4) is 0 Å². The number of carbonyl (C=O) groups is 2. The molecule has 0 N–H and O–H groups in total. The van der Waals surface area contributed by atoms with Crippen molar-refractivity contribution in [2.75, 3.05) is 26.1 Å². The third kappa shape index (κ3) is 13.2. The van der Waals surface area contributed by atoms with E-state index in [1.54, 1.807) is 7.05 Å². The first-order valence-corrected chi connectivity index (χ1v) is 11.6. The highest BCUT2D eigenvalue weighted by molar-refractivity contribution is 6.17. The van der Waals surface area contributed by atoms with Crippen LogP contribution in [0.5, 0.6) is 0 Å². The Hall–Kier alpha value is -0.970. The van der Waals surface area contributed by atoms with Crippen LogP contribution in [0.15, 0.2) is 0 Å². The molecule has 0 aliphatic heterocycles. The van der Waals surface area contributed by atoms with Crippen LogP contribution in [0, 0.1) is 5.92 Å². The van der Waals surface area contributed by atoms with E-state index in [-0.39, 0.29) is 18.5 Å². The van der Waals surface area contributed by atoms with Gasteiger partial charge in [0.05, 0.1) is 13.2 Å². The zero-order valence-electron chi connectivity index (χ0n) is 18.5. The van der Waals surface area contributed by atoms with E-state index in [0.29, 0.717) is 18.9 Å². The Bertz CT molecular complexity index is 404. The lowest BCUT2D eigenvalue weighted by Crippen LogP contribution is -2.47. The lowest BCUT2D eigenvalue weighted by molar-refractivity contribution is -0.150. The number of unbranched alkanes of at least 4 members (excludes halogenated alkanes) is 9. The molecule has 0 aromatic heterocycles. The lowest BCUT2D eigenvalue weighted by Gasteiger charge is -2.28. The molecule has 0 saturated heterocycles. The third-order valence-electron chi connectivity index (χ3n) is 4.82. The van der Waals surface area contributed by atoms with Gasteiger partial charge in [0.2, 0.25) is 0 Å². The summed E-state index contributed by atoms with van der Waals surface area (Å²) in [4.78, 5) is 25.8. The fourth-order valence-corrected chi connectivity index (χ4v) is 3.26. The van der Waals surface area contributed by atoms with Crippen molar-refractivity contribution in [3.05, 3.63) is 0 Å². The van der Waals surface area contributed by atoms with E-state index in [0.717, 1.165) is 12.8 Å². The van der Waals surface area contributed by atoms with E-state index < -0.39 is 12.1 Å². The molecule has 6 heteroatoms. The van der Waals surface area contributed by atoms with Gasteiger partial charge >= 0.3 is 12.1 Å². The topological polar surface area (TPSA) is 55.8 Å². The lowest BCUT2D eigenvalue weighted by atomic mass is 10.0. The summed E-state index contributed by atoms with van der Waals surface area (Å²) in [7, 11) is 1.58. The van der Waals surface area contributed by atoms with Gasteiger partial charge in [-0.1, -0.05) is 78.6 Å². The number of hydrogen-bond donors (Lipinski definition) is 0. The van der Waals surface area contributed by atoms with Crippen molar-refractivity contribution in [3.63, 3.8) is 0 Å². The van der Waals surface area contributed by atoms with Gasteiger partial charge in [-0.3, -0.25) is 4.90 Å². The van der Waals surface area contributed by atoms with Crippen LogP contribution in [0.3, 0.4) is 0 Å². The molecule has 1 unspecified atom stereocenters. The third-order valence-corrected chi connectivity index (χ3v) is 5.09. The first kappa shape index (κ1) is 27.0. The van der Waals surface area contributed by atoms with Crippen LogP contribution in [0.1, 0.15) is 91.4 Å². The van der Waals surface area contributed by atoms with Crippen LogP contribution >= 0.6 is 11.6 Å².